The molecular formula is C15H19N5O2. The Morgan fingerprint density at radius 2 is 2.23 bits per heavy atom. The van der Waals surface area contributed by atoms with Gasteiger partial charge in [-0.1, -0.05) is 5.16 Å². The number of aromatic nitrogens is 4. The minimum atomic E-state index is 0.207. The highest BCUT2D eigenvalue weighted by molar-refractivity contribution is 5.44. The average molecular weight is 301 g/mol. The van der Waals surface area contributed by atoms with Crippen molar-refractivity contribution in [3.8, 4) is 11.6 Å². The van der Waals surface area contributed by atoms with Crippen LogP contribution >= 0.6 is 0 Å². The van der Waals surface area contributed by atoms with Gasteiger partial charge in [-0.15, -0.1) is 0 Å². The lowest BCUT2D eigenvalue weighted by Crippen LogP contribution is -2.33. The molecule has 0 saturated heterocycles. The van der Waals surface area contributed by atoms with Crippen molar-refractivity contribution in [3.05, 3.63) is 42.2 Å². The molecule has 116 valence electrons. The molecule has 7 heteroatoms. The number of hydrogen-bond acceptors (Lipinski definition) is 6. The fourth-order valence-electron chi connectivity index (χ4n) is 2.14. The van der Waals surface area contributed by atoms with E-state index in [0.717, 1.165) is 5.56 Å². The Morgan fingerprint density at radius 3 is 2.91 bits per heavy atom. The molecule has 0 saturated carbocycles. The molecule has 0 fully saturated rings. The summed E-state index contributed by atoms with van der Waals surface area (Å²) >= 11 is 0. The van der Waals surface area contributed by atoms with Gasteiger partial charge in [-0.2, -0.15) is 10.1 Å². The Kier molecular flexibility index (Phi) is 4.06. The molecule has 0 spiro atoms. The molecule has 3 aromatic heterocycles. The third-order valence-corrected chi connectivity index (χ3v) is 3.66. The van der Waals surface area contributed by atoms with Crippen LogP contribution in [-0.2, 0) is 6.54 Å². The van der Waals surface area contributed by atoms with Gasteiger partial charge in [0, 0.05) is 12.2 Å². The van der Waals surface area contributed by atoms with Gasteiger partial charge in [0.2, 0.25) is 11.7 Å². The summed E-state index contributed by atoms with van der Waals surface area (Å²) in [5, 5.41) is 11.6. The minimum Gasteiger partial charge on any atom is -0.461 e. The van der Waals surface area contributed by atoms with Gasteiger partial charge in [-0.3, -0.25) is 4.68 Å². The third kappa shape index (κ3) is 3.09. The Hall–Kier alpha value is -2.41. The first-order valence-corrected chi connectivity index (χ1v) is 7.24. The van der Waals surface area contributed by atoms with E-state index in [-0.39, 0.29) is 12.1 Å². The Balaban J connectivity index is 1.58. The maximum atomic E-state index is 5.24. The first kappa shape index (κ1) is 14.5. The van der Waals surface area contributed by atoms with E-state index in [1.807, 2.05) is 24.0 Å². The van der Waals surface area contributed by atoms with Gasteiger partial charge in [-0.05, 0) is 38.5 Å². The van der Waals surface area contributed by atoms with Crippen LogP contribution in [0.5, 0.6) is 0 Å². The highest BCUT2D eigenvalue weighted by atomic mass is 16.5. The second kappa shape index (κ2) is 6.15. The molecule has 0 aliphatic rings. The summed E-state index contributed by atoms with van der Waals surface area (Å²) in [4.78, 5) is 4.30. The first-order valence-electron chi connectivity index (χ1n) is 7.24. The van der Waals surface area contributed by atoms with E-state index in [1.165, 1.54) is 0 Å². The standard InChI is InChI=1S/C15H19N5O2/c1-10-7-17-20(9-10)12(3)11(2)16-8-14-18-15(19-22-14)13-5-4-6-21-13/h4-7,9,11-12,16H,8H2,1-3H3/t11-,12-/m0/s1. The normalized spacial score (nSPS) is 14.1. The number of nitrogens with zero attached hydrogens (tertiary/aromatic N) is 4. The highest BCUT2D eigenvalue weighted by Crippen LogP contribution is 2.16. The summed E-state index contributed by atoms with van der Waals surface area (Å²) < 4.78 is 12.4. The predicted molar refractivity (Wildman–Crippen MR) is 80.0 cm³/mol. The predicted octanol–water partition coefficient (Wildman–Crippen LogP) is 2.57. The van der Waals surface area contributed by atoms with Crippen LogP contribution in [0, 0.1) is 6.92 Å². The SMILES string of the molecule is Cc1cnn([C@@H](C)[C@H](C)NCc2nc(-c3ccco3)no2)c1. The van der Waals surface area contributed by atoms with E-state index in [2.05, 4.69) is 34.4 Å². The maximum Gasteiger partial charge on any atom is 0.241 e. The van der Waals surface area contributed by atoms with Crippen molar-refractivity contribution < 1.29 is 8.94 Å². The molecule has 1 N–H and O–H groups in total. The molecular weight excluding hydrogens is 282 g/mol. The lowest BCUT2D eigenvalue weighted by atomic mass is 10.2. The van der Waals surface area contributed by atoms with Crippen LogP contribution in [0.15, 0.2) is 39.7 Å². The largest absolute Gasteiger partial charge is 0.461 e. The lowest BCUT2D eigenvalue weighted by Gasteiger charge is -2.20. The molecule has 3 heterocycles. The van der Waals surface area contributed by atoms with Crippen molar-refractivity contribution in [2.75, 3.05) is 0 Å². The molecule has 22 heavy (non-hydrogen) atoms. The van der Waals surface area contributed by atoms with Crippen LogP contribution in [0.2, 0.25) is 0 Å². The summed E-state index contributed by atoms with van der Waals surface area (Å²) in [7, 11) is 0. The summed E-state index contributed by atoms with van der Waals surface area (Å²) in [5.74, 6) is 1.59. The van der Waals surface area contributed by atoms with Gasteiger partial charge in [0.1, 0.15) is 0 Å². The van der Waals surface area contributed by atoms with Crippen LogP contribution in [0.3, 0.4) is 0 Å². The zero-order valence-corrected chi connectivity index (χ0v) is 12.9. The highest BCUT2D eigenvalue weighted by Gasteiger charge is 2.16. The van der Waals surface area contributed by atoms with Crippen molar-refractivity contribution >= 4 is 0 Å². The zero-order chi connectivity index (χ0) is 15.5. The summed E-state index contributed by atoms with van der Waals surface area (Å²) in [6.45, 7) is 6.75. The summed E-state index contributed by atoms with van der Waals surface area (Å²) in [6, 6.07) is 4.02. The minimum absolute atomic E-state index is 0.207. The Bertz CT molecular complexity index is 716. The molecule has 3 aromatic rings. The quantitative estimate of drug-likeness (QED) is 0.753. The number of hydrogen-bond donors (Lipinski definition) is 1. The monoisotopic (exact) mass is 301 g/mol. The number of furan rings is 1. The topological polar surface area (TPSA) is 81.9 Å². The maximum absolute atomic E-state index is 5.24. The van der Waals surface area contributed by atoms with E-state index >= 15 is 0 Å². The van der Waals surface area contributed by atoms with Crippen molar-refractivity contribution in [3.63, 3.8) is 0 Å². The first-order chi connectivity index (χ1) is 10.6. The lowest BCUT2D eigenvalue weighted by molar-refractivity contribution is 0.325. The molecule has 0 aromatic carbocycles. The molecule has 7 nitrogen and oxygen atoms in total. The van der Waals surface area contributed by atoms with Gasteiger partial charge in [0.15, 0.2) is 5.76 Å². The molecule has 3 rings (SSSR count). The van der Waals surface area contributed by atoms with Gasteiger partial charge in [-0.25, -0.2) is 0 Å². The smallest absolute Gasteiger partial charge is 0.241 e. The van der Waals surface area contributed by atoms with E-state index in [9.17, 15) is 0 Å². The van der Waals surface area contributed by atoms with Gasteiger partial charge in [0.05, 0.1) is 25.0 Å². The van der Waals surface area contributed by atoms with Crippen LogP contribution in [0.25, 0.3) is 11.6 Å². The number of aryl methyl sites for hydroxylation is 1. The fraction of sp³-hybridized carbons (Fsp3) is 0.400. The van der Waals surface area contributed by atoms with Crippen LogP contribution in [0.1, 0.15) is 31.3 Å². The zero-order valence-electron chi connectivity index (χ0n) is 12.9. The number of nitrogens with one attached hydrogen (secondary N) is 1. The molecule has 2 atom stereocenters. The van der Waals surface area contributed by atoms with Crippen LogP contribution < -0.4 is 5.32 Å². The summed E-state index contributed by atoms with van der Waals surface area (Å²) in [5.41, 5.74) is 1.15. The average Bonchev–Trinajstić information content (AvgIpc) is 3.24. The second-order valence-electron chi connectivity index (χ2n) is 5.40. The molecule has 0 unspecified atom stereocenters. The number of rotatable bonds is 6. The fourth-order valence-corrected chi connectivity index (χ4v) is 2.14. The van der Waals surface area contributed by atoms with Crippen molar-refractivity contribution in [1.82, 2.24) is 25.2 Å². The van der Waals surface area contributed by atoms with E-state index < -0.39 is 0 Å². The Labute approximate surface area is 128 Å². The Morgan fingerprint density at radius 1 is 1.36 bits per heavy atom. The molecule has 0 bridgehead atoms. The van der Waals surface area contributed by atoms with Crippen molar-refractivity contribution in [2.45, 2.75) is 39.4 Å². The van der Waals surface area contributed by atoms with Gasteiger partial charge < -0.3 is 14.3 Å². The summed E-state index contributed by atoms with van der Waals surface area (Å²) in [6.07, 6.45) is 5.47. The van der Waals surface area contributed by atoms with E-state index in [4.69, 9.17) is 8.94 Å². The van der Waals surface area contributed by atoms with Gasteiger partial charge in [0.25, 0.3) is 0 Å². The molecule has 0 radical (unpaired) electrons. The van der Waals surface area contributed by atoms with Crippen LogP contribution in [-0.4, -0.2) is 26.0 Å². The van der Waals surface area contributed by atoms with Crippen molar-refractivity contribution in [2.24, 2.45) is 0 Å². The molecule has 0 amide bonds. The third-order valence-electron chi connectivity index (χ3n) is 3.66. The molecule has 0 aliphatic heterocycles. The van der Waals surface area contributed by atoms with E-state index in [1.54, 1.807) is 18.4 Å². The van der Waals surface area contributed by atoms with Gasteiger partial charge >= 0.3 is 0 Å². The van der Waals surface area contributed by atoms with Crippen LogP contribution in [0.4, 0.5) is 0 Å². The van der Waals surface area contributed by atoms with Crippen molar-refractivity contribution in [1.29, 1.82) is 0 Å². The second-order valence-corrected chi connectivity index (χ2v) is 5.40. The molecule has 0 aliphatic carbocycles. The van der Waals surface area contributed by atoms with E-state index in [0.29, 0.717) is 24.0 Å².